The standard InChI is InChI=1S/C28H25N3O3S/c1-3-13-35-21-10-11-22-20(16-21)17-26(29-22)31-27(19-7-5-4-6-8-19)30-23(28(31)33)14-18-9-12-24(32)25(15-18)34-2/h4-12,14-17,29,32H,3,13H2,1-2H3/b23-14-. The van der Waals surface area contributed by atoms with Crippen LogP contribution in [0.3, 0.4) is 0 Å². The minimum atomic E-state index is -0.233. The number of aromatic hydroxyl groups is 1. The lowest BCUT2D eigenvalue weighted by Crippen LogP contribution is -2.32. The first kappa shape index (κ1) is 22.8. The fraction of sp³-hybridized carbons (Fsp3) is 0.143. The number of hydrogen-bond acceptors (Lipinski definition) is 5. The second-order valence-electron chi connectivity index (χ2n) is 8.15. The lowest BCUT2D eigenvalue weighted by molar-refractivity contribution is -0.113. The van der Waals surface area contributed by atoms with Crippen LogP contribution in [0.2, 0.25) is 0 Å². The summed E-state index contributed by atoms with van der Waals surface area (Å²) in [7, 11) is 1.49. The van der Waals surface area contributed by atoms with E-state index in [4.69, 9.17) is 9.73 Å². The van der Waals surface area contributed by atoms with Crippen LogP contribution in [0.4, 0.5) is 5.82 Å². The van der Waals surface area contributed by atoms with Gasteiger partial charge in [-0.15, -0.1) is 11.8 Å². The van der Waals surface area contributed by atoms with Gasteiger partial charge in [-0.3, -0.25) is 4.79 Å². The van der Waals surface area contributed by atoms with Crippen LogP contribution in [0.15, 0.2) is 88.4 Å². The number of phenolic OH excluding ortho intramolecular Hbond substituents is 1. The molecule has 7 heteroatoms. The maximum absolute atomic E-state index is 13.6. The molecule has 0 saturated carbocycles. The van der Waals surface area contributed by atoms with E-state index in [0.29, 0.717) is 28.7 Å². The molecule has 0 fully saturated rings. The first-order chi connectivity index (χ1) is 17.1. The van der Waals surface area contributed by atoms with Crippen molar-refractivity contribution < 1.29 is 14.6 Å². The Balaban J connectivity index is 1.57. The fourth-order valence-electron chi connectivity index (χ4n) is 3.99. The molecule has 0 bridgehead atoms. The Bertz CT molecular complexity index is 1460. The number of nitrogens with one attached hydrogen (secondary N) is 1. The maximum Gasteiger partial charge on any atom is 0.283 e. The van der Waals surface area contributed by atoms with Gasteiger partial charge in [0.1, 0.15) is 17.4 Å². The number of carbonyl (C=O) groups excluding carboxylic acids is 1. The normalized spacial score (nSPS) is 14.7. The Hall–Kier alpha value is -3.97. The Kier molecular flexibility index (Phi) is 6.33. The Morgan fingerprint density at radius 2 is 1.91 bits per heavy atom. The van der Waals surface area contributed by atoms with Crippen molar-refractivity contribution in [2.45, 2.75) is 18.2 Å². The lowest BCUT2D eigenvalue weighted by Gasteiger charge is -2.16. The Morgan fingerprint density at radius 1 is 1.09 bits per heavy atom. The number of amidine groups is 1. The molecule has 0 atom stereocenters. The molecule has 6 nitrogen and oxygen atoms in total. The summed E-state index contributed by atoms with van der Waals surface area (Å²) < 4.78 is 5.21. The summed E-state index contributed by atoms with van der Waals surface area (Å²) >= 11 is 1.82. The summed E-state index contributed by atoms with van der Waals surface area (Å²) in [5.41, 5.74) is 2.80. The molecule has 35 heavy (non-hydrogen) atoms. The van der Waals surface area contributed by atoms with E-state index in [2.05, 4.69) is 30.1 Å². The number of rotatable bonds is 7. The van der Waals surface area contributed by atoms with E-state index in [1.165, 1.54) is 18.1 Å². The topological polar surface area (TPSA) is 77.9 Å². The minimum absolute atomic E-state index is 0.0389. The quantitative estimate of drug-likeness (QED) is 0.242. The van der Waals surface area contributed by atoms with Crippen LogP contribution in [0.25, 0.3) is 17.0 Å². The Labute approximate surface area is 208 Å². The highest BCUT2D eigenvalue weighted by molar-refractivity contribution is 7.99. The van der Waals surface area contributed by atoms with Gasteiger partial charge in [0.05, 0.1) is 7.11 Å². The van der Waals surface area contributed by atoms with E-state index in [1.54, 1.807) is 23.1 Å². The fourth-order valence-corrected chi connectivity index (χ4v) is 4.80. The number of aromatic amines is 1. The highest BCUT2D eigenvalue weighted by atomic mass is 32.2. The number of anilines is 1. The van der Waals surface area contributed by atoms with Crippen molar-refractivity contribution in [1.29, 1.82) is 0 Å². The lowest BCUT2D eigenvalue weighted by atomic mass is 10.1. The number of aromatic nitrogens is 1. The molecule has 0 radical (unpaired) electrons. The van der Waals surface area contributed by atoms with Crippen molar-refractivity contribution in [3.8, 4) is 11.5 Å². The first-order valence-electron chi connectivity index (χ1n) is 11.4. The van der Waals surface area contributed by atoms with Gasteiger partial charge in [0.25, 0.3) is 5.91 Å². The number of ether oxygens (including phenoxy) is 1. The SMILES string of the molecule is CCCSc1ccc2[nH]c(N3C(=O)/C(=C/c4ccc(O)c(OC)c4)N=C3c3ccccc3)cc2c1. The monoisotopic (exact) mass is 483 g/mol. The number of phenols is 1. The number of nitrogens with zero attached hydrogens (tertiary/aromatic N) is 2. The van der Waals surface area contributed by atoms with E-state index in [9.17, 15) is 9.90 Å². The molecular weight excluding hydrogens is 458 g/mol. The van der Waals surface area contributed by atoms with Crippen LogP contribution in [-0.4, -0.2) is 34.7 Å². The molecule has 4 aromatic rings. The van der Waals surface area contributed by atoms with Crippen LogP contribution < -0.4 is 9.64 Å². The van der Waals surface area contributed by atoms with Crippen LogP contribution >= 0.6 is 11.8 Å². The molecule has 0 unspecified atom stereocenters. The second-order valence-corrected chi connectivity index (χ2v) is 9.32. The number of amides is 1. The number of carbonyl (C=O) groups is 1. The molecule has 2 N–H and O–H groups in total. The largest absolute Gasteiger partial charge is 0.504 e. The summed E-state index contributed by atoms with van der Waals surface area (Å²) in [5.74, 6) is 2.42. The van der Waals surface area contributed by atoms with Gasteiger partial charge in [-0.25, -0.2) is 9.89 Å². The van der Waals surface area contributed by atoms with Gasteiger partial charge in [0, 0.05) is 21.4 Å². The number of hydrogen-bond donors (Lipinski definition) is 2. The van der Waals surface area contributed by atoms with E-state index in [0.717, 1.165) is 28.6 Å². The molecule has 2 heterocycles. The number of aliphatic imine (C=N–C) groups is 1. The third-order valence-electron chi connectivity index (χ3n) is 5.69. The van der Waals surface area contributed by atoms with Crippen LogP contribution in [0.5, 0.6) is 11.5 Å². The molecule has 0 spiro atoms. The zero-order chi connectivity index (χ0) is 24.4. The second kappa shape index (κ2) is 9.72. The molecule has 176 valence electrons. The molecule has 1 amide bonds. The molecule has 0 aliphatic carbocycles. The number of H-pyrrole nitrogens is 1. The third-order valence-corrected chi connectivity index (χ3v) is 6.89. The van der Waals surface area contributed by atoms with E-state index < -0.39 is 0 Å². The Morgan fingerprint density at radius 3 is 2.69 bits per heavy atom. The predicted molar refractivity (Wildman–Crippen MR) is 142 cm³/mol. The van der Waals surface area contributed by atoms with Crippen molar-refractivity contribution in [3.63, 3.8) is 0 Å². The van der Waals surface area contributed by atoms with Gasteiger partial charge in [0.2, 0.25) is 0 Å². The van der Waals surface area contributed by atoms with Gasteiger partial charge in [-0.05, 0) is 60.2 Å². The van der Waals surface area contributed by atoms with E-state index >= 15 is 0 Å². The highest BCUT2D eigenvalue weighted by Gasteiger charge is 2.33. The van der Waals surface area contributed by atoms with Gasteiger partial charge in [0.15, 0.2) is 11.5 Å². The zero-order valence-electron chi connectivity index (χ0n) is 19.5. The third kappa shape index (κ3) is 4.55. The zero-order valence-corrected chi connectivity index (χ0v) is 20.3. The summed E-state index contributed by atoms with van der Waals surface area (Å²) in [6.45, 7) is 2.17. The smallest absolute Gasteiger partial charge is 0.283 e. The van der Waals surface area contributed by atoms with Gasteiger partial charge in [-0.2, -0.15) is 0 Å². The van der Waals surface area contributed by atoms with E-state index in [1.807, 2.05) is 48.2 Å². The summed E-state index contributed by atoms with van der Waals surface area (Å²) in [4.78, 5) is 24.6. The molecular formula is C28H25N3O3S. The van der Waals surface area contributed by atoms with E-state index in [-0.39, 0.29) is 11.7 Å². The van der Waals surface area contributed by atoms with Crippen molar-refractivity contribution in [3.05, 3.63) is 89.6 Å². The van der Waals surface area contributed by atoms with Crippen LogP contribution in [-0.2, 0) is 4.79 Å². The first-order valence-corrected chi connectivity index (χ1v) is 12.4. The number of methoxy groups -OCH3 is 1. The maximum atomic E-state index is 13.6. The molecule has 5 rings (SSSR count). The average Bonchev–Trinajstić information content (AvgIpc) is 3.44. The average molecular weight is 484 g/mol. The molecule has 3 aromatic carbocycles. The number of benzene rings is 3. The van der Waals surface area contributed by atoms with Crippen LogP contribution in [0, 0.1) is 0 Å². The molecule has 1 aliphatic heterocycles. The highest BCUT2D eigenvalue weighted by Crippen LogP contribution is 2.33. The van der Waals surface area contributed by atoms with Crippen molar-refractivity contribution in [1.82, 2.24) is 4.98 Å². The van der Waals surface area contributed by atoms with Crippen molar-refractivity contribution in [2.24, 2.45) is 4.99 Å². The minimum Gasteiger partial charge on any atom is -0.504 e. The van der Waals surface area contributed by atoms with Crippen LogP contribution in [0.1, 0.15) is 24.5 Å². The van der Waals surface area contributed by atoms with Gasteiger partial charge >= 0.3 is 0 Å². The molecule has 0 saturated heterocycles. The predicted octanol–water partition coefficient (Wildman–Crippen LogP) is 6.22. The summed E-state index contributed by atoms with van der Waals surface area (Å²) in [6, 6.07) is 22.9. The van der Waals surface area contributed by atoms with Gasteiger partial charge in [-0.1, -0.05) is 43.3 Å². The van der Waals surface area contributed by atoms with Crippen molar-refractivity contribution in [2.75, 3.05) is 17.8 Å². The number of fused-ring (bicyclic) bond motifs is 1. The summed E-state index contributed by atoms with van der Waals surface area (Å²) in [6.07, 6.45) is 2.82. The molecule has 1 aliphatic rings. The van der Waals surface area contributed by atoms with Gasteiger partial charge < -0.3 is 14.8 Å². The van der Waals surface area contributed by atoms with Crippen molar-refractivity contribution >= 4 is 46.3 Å². The summed E-state index contributed by atoms with van der Waals surface area (Å²) in [5, 5.41) is 11.0. The molecule has 1 aromatic heterocycles. The number of thioether (sulfide) groups is 1.